The number of carbonyl (C=O) groups excluding carboxylic acids is 1. The molecule has 2 aliphatic heterocycles. The molecular formula is C19H22N2O2. The molecule has 3 heterocycles. The van der Waals surface area contributed by atoms with Gasteiger partial charge < -0.3 is 9.32 Å². The van der Waals surface area contributed by atoms with E-state index in [-0.39, 0.29) is 5.91 Å². The van der Waals surface area contributed by atoms with Gasteiger partial charge in [0.05, 0.1) is 6.26 Å². The van der Waals surface area contributed by atoms with Crippen molar-refractivity contribution in [3.05, 3.63) is 48.2 Å². The first kappa shape index (κ1) is 14.5. The van der Waals surface area contributed by atoms with E-state index < -0.39 is 0 Å². The number of nitrogens with zero attached hydrogens (tertiary/aromatic N) is 2. The zero-order valence-corrected chi connectivity index (χ0v) is 13.4. The number of benzene rings is 1. The van der Waals surface area contributed by atoms with E-state index in [1.807, 2.05) is 24.1 Å². The Kier molecular flexibility index (Phi) is 3.69. The normalized spacial score (nSPS) is 24.9. The van der Waals surface area contributed by atoms with Gasteiger partial charge in [0, 0.05) is 44.2 Å². The summed E-state index contributed by atoms with van der Waals surface area (Å²) in [5.74, 6) is 1.19. The summed E-state index contributed by atoms with van der Waals surface area (Å²) in [6, 6.07) is 13.2. The van der Waals surface area contributed by atoms with Gasteiger partial charge in [-0.3, -0.25) is 9.69 Å². The van der Waals surface area contributed by atoms with Crippen LogP contribution in [0.4, 0.5) is 0 Å². The number of amides is 1. The number of carbonyl (C=O) groups is 1. The Labute approximate surface area is 136 Å². The van der Waals surface area contributed by atoms with Gasteiger partial charge in [-0.1, -0.05) is 24.3 Å². The summed E-state index contributed by atoms with van der Waals surface area (Å²) in [7, 11) is 1.93. The summed E-state index contributed by atoms with van der Waals surface area (Å²) < 4.78 is 5.60. The zero-order valence-electron chi connectivity index (χ0n) is 13.4. The highest BCUT2D eigenvalue weighted by Gasteiger charge is 2.39. The number of furan rings is 1. The first-order valence-electron chi connectivity index (χ1n) is 8.34. The van der Waals surface area contributed by atoms with Crippen molar-refractivity contribution in [3.63, 3.8) is 0 Å². The molecule has 4 heteroatoms. The van der Waals surface area contributed by atoms with E-state index in [9.17, 15) is 4.79 Å². The fourth-order valence-corrected chi connectivity index (χ4v) is 3.99. The molecule has 2 atom stereocenters. The molecule has 2 fully saturated rings. The van der Waals surface area contributed by atoms with E-state index in [1.165, 1.54) is 12.0 Å². The summed E-state index contributed by atoms with van der Waals surface area (Å²) >= 11 is 0. The number of likely N-dealkylation sites (N-methyl/N-ethyl adjacent to an activating group) is 1. The third kappa shape index (κ3) is 2.68. The lowest BCUT2D eigenvalue weighted by Crippen LogP contribution is -2.38. The van der Waals surface area contributed by atoms with Gasteiger partial charge in [-0.2, -0.15) is 0 Å². The fourth-order valence-electron chi connectivity index (χ4n) is 3.99. The molecule has 2 aromatic rings. The molecule has 0 N–H and O–H groups in total. The molecule has 120 valence electrons. The van der Waals surface area contributed by atoms with E-state index in [0.717, 1.165) is 30.8 Å². The van der Waals surface area contributed by atoms with Crippen LogP contribution in [0.1, 0.15) is 24.8 Å². The van der Waals surface area contributed by atoms with Gasteiger partial charge in [-0.25, -0.2) is 0 Å². The van der Waals surface area contributed by atoms with Gasteiger partial charge in [-0.05, 0) is 30.5 Å². The van der Waals surface area contributed by atoms with Crippen molar-refractivity contribution in [1.82, 2.24) is 9.80 Å². The first-order chi connectivity index (χ1) is 11.2. The summed E-state index contributed by atoms with van der Waals surface area (Å²) in [5, 5.41) is 0. The zero-order chi connectivity index (χ0) is 15.8. The summed E-state index contributed by atoms with van der Waals surface area (Å²) in [5.41, 5.74) is 2.43. The highest BCUT2D eigenvalue weighted by atomic mass is 16.3. The predicted molar refractivity (Wildman–Crippen MR) is 88.8 cm³/mol. The molecule has 1 aromatic heterocycles. The third-order valence-electron chi connectivity index (χ3n) is 5.25. The molecule has 23 heavy (non-hydrogen) atoms. The largest absolute Gasteiger partial charge is 0.464 e. The molecule has 2 aliphatic rings. The number of rotatable bonds is 3. The molecule has 1 aromatic carbocycles. The average molecular weight is 310 g/mol. The van der Waals surface area contributed by atoms with Crippen LogP contribution in [0.15, 0.2) is 47.1 Å². The Balaban J connectivity index is 1.63. The van der Waals surface area contributed by atoms with E-state index >= 15 is 0 Å². The second-order valence-electron chi connectivity index (χ2n) is 6.67. The maximum atomic E-state index is 12.1. The van der Waals surface area contributed by atoms with Crippen molar-refractivity contribution in [3.8, 4) is 11.3 Å². The minimum Gasteiger partial charge on any atom is -0.464 e. The van der Waals surface area contributed by atoms with Gasteiger partial charge in [0.2, 0.25) is 5.91 Å². The highest BCUT2D eigenvalue weighted by Crippen LogP contribution is 2.34. The van der Waals surface area contributed by atoms with E-state index in [1.54, 1.807) is 6.26 Å². The smallest absolute Gasteiger partial charge is 0.223 e. The fraction of sp³-hybridized carbons (Fsp3) is 0.421. The van der Waals surface area contributed by atoms with Crippen molar-refractivity contribution in [1.29, 1.82) is 0 Å². The van der Waals surface area contributed by atoms with Gasteiger partial charge in [-0.15, -0.1) is 0 Å². The van der Waals surface area contributed by atoms with E-state index in [2.05, 4.69) is 29.2 Å². The van der Waals surface area contributed by atoms with Crippen LogP contribution < -0.4 is 0 Å². The Morgan fingerprint density at radius 2 is 1.96 bits per heavy atom. The molecule has 0 spiro atoms. The summed E-state index contributed by atoms with van der Waals surface area (Å²) in [6.45, 7) is 1.73. The molecule has 0 aliphatic carbocycles. The summed E-state index contributed by atoms with van der Waals surface area (Å²) in [6.07, 6.45) is 4.68. The van der Waals surface area contributed by atoms with Crippen LogP contribution in [0.25, 0.3) is 11.3 Å². The van der Waals surface area contributed by atoms with Crippen LogP contribution >= 0.6 is 0 Å². The lowest BCUT2D eigenvalue weighted by molar-refractivity contribution is -0.130. The maximum Gasteiger partial charge on any atom is 0.223 e. The lowest BCUT2D eigenvalue weighted by atomic mass is 10.0. The standard InChI is InChI=1S/C19H22N2O2/c1-20-13-16-9-8-15(11-19(20)22)21(16)12-14-5-2-3-6-17(14)18-7-4-10-23-18/h2-7,10,15-16H,8-9,11-13H2,1H3/t15-,16+/m1/s1. The number of hydrogen-bond donors (Lipinski definition) is 0. The molecule has 4 nitrogen and oxygen atoms in total. The molecule has 2 bridgehead atoms. The average Bonchev–Trinajstić information content (AvgIpc) is 3.17. The van der Waals surface area contributed by atoms with Crippen LogP contribution in [0.3, 0.4) is 0 Å². The van der Waals surface area contributed by atoms with E-state index in [0.29, 0.717) is 18.5 Å². The van der Waals surface area contributed by atoms with Gasteiger partial charge in [0.15, 0.2) is 0 Å². The Bertz CT molecular complexity index is 695. The van der Waals surface area contributed by atoms with Crippen LogP contribution in [-0.2, 0) is 11.3 Å². The number of likely N-dealkylation sites (tertiary alicyclic amines) is 1. The molecule has 0 radical (unpaired) electrons. The topological polar surface area (TPSA) is 36.7 Å². The molecule has 2 saturated heterocycles. The molecule has 4 rings (SSSR count). The van der Waals surface area contributed by atoms with Gasteiger partial charge in [0.1, 0.15) is 5.76 Å². The number of hydrogen-bond acceptors (Lipinski definition) is 3. The lowest BCUT2D eigenvalue weighted by Gasteiger charge is -2.28. The molecule has 0 unspecified atom stereocenters. The summed E-state index contributed by atoms with van der Waals surface area (Å²) in [4.78, 5) is 16.6. The SMILES string of the molecule is CN1C[C@@H]2CC[C@H](CC1=O)N2Cc1ccccc1-c1ccco1. The maximum absolute atomic E-state index is 12.1. The Morgan fingerprint density at radius 3 is 2.78 bits per heavy atom. The van der Waals surface area contributed by atoms with Gasteiger partial charge >= 0.3 is 0 Å². The van der Waals surface area contributed by atoms with Crippen LogP contribution in [-0.4, -0.2) is 41.4 Å². The monoisotopic (exact) mass is 310 g/mol. The van der Waals surface area contributed by atoms with Crippen LogP contribution in [0, 0.1) is 0 Å². The van der Waals surface area contributed by atoms with Crippen molar-refractivity contribution in [2.75, 3.05) is 13.6 Å². The van der Waals surface area contributed by atoms with Crippen molar-refractivity contribution < 1.29 is 9.21 Å². The van der Waals surface area contributed by atoms with Crippen molar-refractivity contribution in [2.24, 2.45) is 0 Å². The number of fused-ring (bicyclic) bond motifs is 2. The molecule has 1 amide bonds. The molecular weight excluding hydrogens is 288 g/mol. The van der Waals surface area contributed by atoms with E-state index in [4.69, 9.17) is 4.42 Å². The second-order valence-corrected chi connectivity index (χ2v) is 6.67. The predicted octanol–water partition coefficient (Wildman–Crippen LogP) is 3.14. The minimum atomic E-state index is 0.279. The van der Waals surface area contributed by atoms with Crippen LogP contribution in [0.5, 0.6) is 0 Å². The molecule has 0 saturated carbocycles. The quantitative estimate of drug-likeness (QED) is 0.874. The first-order valence-corrected chi connectivity index (χ1v) is 8.34. The van der Waals surface area contributed by atoms with Gasteiger partial charge in [0.25, 0.3) is 0 Å². The van der Waals surface area contributed by atoms with Crippen molar-refractivity contribution >= 4 is 5.91 Å². The van der Waals surface area contributed by atoms with Crippen LogP contribution in [0.2, 0.25) is 0 Å². The minimum absolute atomic E-state index is 0.279. The Morgan fingerprint density at radius 1 is 1.13 bits per heavy atom. The Hall–Kier alpha value is -2.07. The second kappa shape index (κ2) is 5.85. The van der Waals surface area contributed by atoms with Crippen molar-refractivity contribution in [2.45, 2.75) is 37.9 Å². The third-order valence-corrected chi connectivity index (χ3v) is 5.25. The highest BCUT2D eigenvalue weighted by molar-refractivity contribution is 5.77.